The summed E-state index contributed by atoms with van der Waals surface area (Å²) in [6.45, 7) is 0. The van der Waals surface area contributed by atoms with E-state index in [1.54, 1.807) is 12.1 Å². The lowest BCUT2D eigenvalue weighted by atomic mass is 10.00. The molecule has 0 saturated carbocycles. The van der Waals surface area contributed by atoms with Crippen molar-refractivity contribution in [3.05, 3.63) is 194 Å². The van der Waals surface area contributed by atoms with E-state index in [2.05, 4.69) is 83.4 Å². The summed E-state index contributed by atoms with van der Waals surface area (Å²) in [6.07, 6.45) is 0. The standard InChI is InChI=1S/C51H32N4O2S/c56-58(57)47-24-10-8-22-42(47)43-27-25-38(32-48(43)58)36-18-12-20-40(30-36)55-45-23-9-7-21-41(45)44-31-37(26-28-46(44)55)35-17-11-19-39(29-35)51-53-49(33-13-3-1-4-14-33)52-50(54-51)34-15-5-2-6-16-34/h1-32H. The van der Waals surface area contributed by atoms with Crippen molar-refractivity contribution >= 4 is 31.6 Å². The number of aromatic nitrogens is 4. The van der Waals surface area contributed by atoms with Crippen LogP contribution in [0.5, 0.6) is 0 Å². The summed E-state index contributed by atoms with van der Waals surface area (Å²) in [7, 11) is -3.59. The Morgan fingerprint density at radius 2 is 0.862 bits per heavy atom. The number of fused-ring (bicyclic) bond motifs is 6. The Kier molecular flexibility index (Phi) is 7.77. The lowest BCUT2D eigenvalue weighted by molar-refractivity contribution is 0.598. The van der Waals surface area contributed by atoms with Crippen LogP contribution in [0.2, 0.25) is 0 Å². The summed E-state index contributed by atoms with van der Waals surface area (Å²) in [5, 5.41) is 2.27. The fourth-order valence-electron chi connectivity index (χ4n) is 8.22. The van der Waals surface area contributed by atoms with E-state index in [1.165, 1.54) is 0 Å². The fraction of sp³-hybridized carbons (Fsp3) is 0. The van der Waals surface area contributed by atoms with Gasteiger partial charge in [-0.3, -0.25) is 0 Å². The Balaban J connectivity index is 0.996. The minimum absolute atomic E-state index is 0.355. The van der Waals surface area contributed by atoms with E-state index in [1.807, 2.05) is 103 Å². The molecule has 58 heavy (non-hydrogen) atoms. The minimum atomic E-state index is -3.59. The molecule has 274 valence electrons. The summed E-state index contributed by atoms with van der Waals surface area (Å²) in [5.74, 6) is 1.86. The summed E-state index contributed by atoms with van der Waals surface area (Å²) in [5.41, 5.74) is 11.3. The minimum Gasteiger partial charge on any atom is -0.309 e. The molecule has 0 fully saturated rings. The highest BCUT2D eigenvalue weighted by Gasteiger charge is 2.32. The van der Waals surface area contributed by atoms with Gasteiger partial charge in [-0.05, 0) is 70.8 Å². The fourth-order valence-corrected chi connectivity index (χ4v) is 9.93. The van der Waals surface area contributed by atoms with E-state index >= 15 is 0 Å². The smallest absolute Gasteiger partial charge is 0.207 e. The lowest BCUT2D eigenvalue weighted by Gasteiger charge is -2.12. The predicted octanol–water partition coefficient (Wildman–Crippen LogP) is 12.1. The molecule has 0 aliphatic carbocycles. The number of sulfone groups is 1. The first-order valence-electron chi connectivity index (χ1n) is 19.1. The molecule has 0 amide bonds. The summed E-state index contributed by atoms with van der Waals surface area (Å²) < 4.78 is 29.4. The van der Waals surface area contributed by atoms with Gasteiger partial charge < -0.3 is 4.57 Å². The van der Waals surface area contributed by atoms with Crippen LogP contribution in [-0.2, 0) is 9.84 Å². The third-order valence-corrected chi connectivity index (χ3v) is 12.9. The second-order valence-corrected chi connectivity index (χ2v) is 16.4. The molecule has 1 aliphatic heterocycles. The first kappa shape index (κ1) is 33.8. The SMILES string of the molecule is O=S1(=O)c2ccccc2-c2ccc(-c3cccc(-n4c5ccccc5c5cc(-c6cccc(-c7nc(-c8ccccc8)nc(-c8ccccc8)n7)c6)ccc54)c3)cc21. The Bertz CT molecular complexity index is 3300. The Morgan fingerprint density at radius 3 is 1.62 bits per heavy atom. The molecule has 8 aromatic carbocycles. The van der Waals surface area contributed by atoms with E-state index in [4.69, 9.17) is 15.0 Å². The molecule has 0 N–H and O–H groups in total. The highest BCUT2D eigenvalue weighted by molar-refractivity contribution is 7.92. The first-order chi connectivity index (χ1) is 28.5. The molecule has 7 heteroatoms. The van der Waals surface area contributed by atoms with E-state index in [9.17, 15) is 8.42 Å². The van der Waals surface area contributed by atoms with Gasteiger partial charge >= 0.3 is 0 Å². The number of hydrogen-bond acceptors (Lipinski definition) is 5. The Hall–Kier alpha value is -7.48. The van der Waals surface area contributed by atoms with Crippen molar-refractivity contribution in [1.82, 2.24) is 19.5 Å². The molecule has 0 radical (unpaired) electrons. The third kappa shape index (κ3) is 5.55. The van der Waals surface area contributed by atoms with Gasteiger partial charge in [-0.15, -0.1) is 0 Å². The van der Waals surface area contributed by atoms with E-state index in [-0.39, 0.29) is 0 Å². The topological polar surface area (TPSA) is 77.7 Å². The van der Waals surface area contributed by atoms with Crippen LogP contribution in [0, 0.1) is 0 Å². The lowest BCUT2D eigenvalue weighted by Crippen LogP contribution is -2.00. The van der Waals surface area contributed by atoms with Crippen molar-refractivity contribution in [2.75, 3.05) is 0 Å². The summed E-state index contributed by atoms with van der Waals surface area (Å²) in [6, 6.07) is 64.8. The number of benzene rings is 8. The quantitative estimate of drug-likeness (QED) is 0.168. The Morgan fingerprint density at radius 1 is 0.345 bits per heavy atom. The molecule has 3 heterocycles. The molecule has 0 bridgehead atoms. The van der Waals surface area contributed by atoms with Crippen molar-refractivity contribution in [3.63, 3.8) is 0 Å². The average Bonchev–Trinajstić information content (AvgIpc) is 3.74. The zero-order valence-electron chi connectivity index (χ0n) is 31.0. The second kappa shape index (κ2) is 13.3. The highest BCUT2D eigenvalue weighted by atomic mass is 32.2. The van der Waals surface area contributed by atoms with Crippen molar-refractivity contribution < 1.29 is 8.42 Å². The zero-order chi connectivity index (χ0) is 38.8. The maximum absolute atomic E-state index is 13.5. The van der Waals surface area contributed by atoms with Gasteiger partial charge in [-0.25, -0.2) is 23.4 Å². The molecular weight excluding hydrogens is 733 g/mol. The van der Waals surface area contributed by atoms with Crippen LogP contribution in [0.4, 0.5) is 0 Å². The predicted molar refractivity (Wildman–Crippen MR) is 232 cm³/mol. The normalized spacial score (nSPS) is 12.8. The van der Waals surface area contributed by atoms with Crippen LogP contribution in [0.25, 0.3) is 95.0 Å². The van der Waals surface area contributed by atoms with Gasteiger partial charge in [0, 0.05) is 44.3 Å². The first-order valence-corrected chi connectivity index (χ1v) is 20.6. The van der Waals surface area contributed by atoms with Gasteiger partial charge in [-0.1, -0.05) is 146 Å². The largest absolute Gasteiger partial charge is 0.309 e. The van der Waals surface area contributed by atoms with Crippen molar-refractivity contribution in [2.45, 2.75) is 9.79 Å². The monoisotopic (exact) mass is 764 g/mol. The van der Waals surface area contributed by atoms with Crippen LogP contribution in [0.15, 0.2) is 204 Å². The highest BCUT2D eigenvalue weighted by Crippen LogP contribution is 2.45. The van der Waals surface area contributed by atoms with Gasteiger partial charge in [-0.2, -0.15) is 0 Å². The summed E-state index contributed by atoms with van der Waals surface area (Å²) >= 11 is 0. The number of rotatable bonds is 6. The maximum atomic E-state index is 13.5. The van der Waals surface area contributed by atoms with Crippen molar-refractivity contribution in [1.29, 1.82) is 0 Å². The van der Waals surface area contributed by atoms with Crippen molar-refractivity contribution in [3.8, 4) is 73.2 Å². The third-order valence-electron chi connectivity index (χ3n) is 11.0. The van der Waals surface area contributed by atoms with Gasteiger partial charge in [0.25, 0.3) is 0 Å². The van der Waals surface area contributed by atoms with Crippen LogP contribution < -0.4 is 0 Å². The van der Waals surface area contributed by atoms with Crippen LogP contribution in [-0.4, -0.2) is 27.9 Å². The number of hydrogen-bond donors (Lipinski definition) is 0. The molecule has 6 nitrogen and oxygen atoms in total. The second-order valence-electron chi connectivity index (χ2n) is 14.5. The van der Waals surface area contributed by atoms with E-state index < -0.39 is 9.84 Å². The van der Waals surface area contributed by atoms with Gasteiger partial charge in [0.1, 0.15) is 0 Å². The molecule has 1 aliphatic rings. The van der Waals surface area contributed by atoms with Gasteiger partial charge in [0.15, 0.2) is 17.5 Å². The van der Waals surface area contributed by atoms with Crippen LogP contribution in [0.1, 0.15) is 0 Å². The summed E-state index contributed by atoms with van der Waals surface area (Å²) in [4.78, 5) is 15.5. The van der Waals surface area contributed by atoms with Gasteiger partial charge in [0.2, 0.25) is 9.84 Å². The zero-order valence-corrected chi connectivity index (χ0v) is 31.8. The Labute approximate surface area is 335 Å². The molecule has 10 aromatic rings. The molecule has 0 spiro atoms. The average molecular weight is 765 g/mol. The number of nitrogens with zero attached hydrogens (tertiary/aromatic N) is 4. The van der Waals surface area contributed by atoms with E-state index in [0.29, 0.717) is 27.3 Å². The molecule has 2 aromatic heterocycles. The molecule has 0 atom stereocenters. The van der Waals surface area contributed by atoms with Crippen molar-refractivity contribution in [2.24, 2.45) is 0 Å². The van der Waals surface area contributed by atoms with Gasteiger partial charge in [0.05, 0.1) is 20.8 Å². The molecular formula is C51H32N4O2S. The van der Waals surface area contributed by atoms with Crippen LogP contribution in [0.3, 0.4) is 0 Å². The number of para-hydroxylation sites is 1. The maximum Gasteiger partial charge on any atom is 0.207 e. The molecule has 11 rings (SSSR count). The van der Waals surface area contributed by atoms with E-state index in [0.717, 1.165) is 77.6 Å². The molecule has 0 unspecified atom stereocenters. The van der Waals surface area contributed by atoms with Crippen LogP contribution >= 0.6 is 0 Å². The molecule has 0 saturated heterocycles.